The van der Waals surface area contributed by atoms with Crippen LogP contribution in [0.1, 0.15) is 39.5 Å². The zero-order valence-corrected chi connectivity index (χ0v) is 12.4. The number of hydrogen-bond acceptors (Lipinski definition) is 7. The van der Waals surface area contributed by atoms with Gasteiger partial charge < -0.3 is 14.2 Å². The van der Waals surface area contributed by atoms with Crippen LogP contribution in [0.2, 0.25) is 0 Å². The van der Waals surface area contributed by atoms with E-state index >= 15 is 0 Å². The SMILES string of the molecule is CCCC[C@@H](CC)C(=O)Oc1nc(OC)nc(OC)n1. The maximum atomic E-state index is 12.0. The van der Waals surface area contributed by atoms with E-state index in [4.69, 9.17) is 14.2 Å². The minimum atomic E-state index is -0.337. The average Bonchev–Trinajstić information content (AvgIpc) is 2.47. The van der Waals surface area contributed by atoms with Gasteiger partial charge in [0, 0.05) is 0 Å². The molecule has 0 saturated carbocycles. The normalized spacial score (nSPS) is 11.8. The highest BCUT2D eigenvalue weighted by Crippen LogP contribution is 2.18. The van der Waals surface area contributed by atoms with Crippen LogP contribution in [-0.2, 0) is 4.79 Å². The molecule has 1 aromatic heterocycles. The lowest BCUT2D eigenvalue weighted by atomic mass is 10.00. The Balaban J connectivity index is 2.77. The average molecular weight is 283 g/mol. The Morgan fingerprint density at radius 2 is 1.60 bits per heavy atom. The molecule has 0 unspecified atom stereocenters. The molecule has 1 aromatic rings. The van der Waals surface area contributed by atoms with Crippen molar-refractivity contribution >= 4 is 5.97 Å². The third kappa shape index (κ3) is 4.64. The van der Waals surface area contributed by atoms with E-state index in [1.54, 1.807) is 0 Å². The fourth-order valence-electron chi connectivity index (χ4n) is 1.66. The van der Waals surface area contributed by atoms with E-state index in [2.05, 4.69) is 21.9 Å². The minimum absolute atomic E-state index is 0.0428. The van der Waals surface area contributed by atoms with Gasteiger partial charge in [-0.2, -0.15) is 0 Å². The topological polar surface area (TPSA) is 83.4 Å². The van der Waals surface area contributed by atoms with E-state index in [9.17, 15) is 4.79 Å². The van der Waals surface area contributed by atoms with E-state index in [1.165, 1.54) is 14.2 Å². The summed E-state index contributed by atoms with van der Waals surface area (Å²) in [6.07, 6.45) is 3.54. The Morgan fingerprint density at radius 1 is 1.05 bits per heavy atom. The molecule has 20 heavy (non-hydrogen) atoms. The van der Waals surface area contributed by atoms with Gasteiger partial charge in [-0.05, 0) is 12.8 Å². The largest absolute Gasteiger partial charge is 0.467 e. The summed E-state index contributed by atoms with van der Waals surface area (Å²) < 4.78 is 15.0. The van der Waals surface area contributed by atoms with Crippen LogP contribution in [0, 0.1) is 5.92 Å². The molecule has 7 heteroatoms. The lowest BCUT2D eigenvalue weighted by Gasteiger charge is -2.12. The smallest absolute Gasteiger partial charge is 0.333 e. The van der Waals surface area contributed by atoms with Crippen LogP contribution in [0.15, 0.2) is 0 Å². The Bertz CT molecular complexity index is 417. The van der Waals surface area contributed by atoms with Gasteiger partial charge in [0.2, 0.25) is 0 Å². The van der Waals surface area contributed by atoms with Crippen LogP contribution in [-0.4, -0.2) is 35.1 Å². The quantitative estimate of drug-likeness (QED) is 0.675. The number of methoxy groups -OCH3 is 2. The van der Waals surface area contributed by atoms with Gasteiger partial charge in [-0.25, -0.2) is 0 Å². The number of carbonyl (C=O) groups excluding carboxylic acids is 1. The number of hydrogen-bond donors (Lipinski definition) is 0. The third-order valence-corrected chi connectivity index (χ3v) is 2.86. The molecule has 0 bridgehead atoms. The van der Waals surface area contributed by atoms with E-state index in [-0.39, 0.29) is 29.9 Å². The van der Waals surface area contributed by atoms with E-state index in [1.807, 2.05) is 6.92 Å². The lowest BCUT2D eigenvalue weighted by molar-refractivity contribution is -0.139. The number of aromatic nitrogens is 3. The molecule has 0 saturated heterocycles. The van der Waals surface area contributed by atoms with Gasteiger partial charge in [-0.1, -0.05) is 26.7 Å². The summed E-state index contributed by atoms with van der Waals surface area (Å²) in [5.74, 6) is -0.486. The molecule has 0 aliphatic carbocycles. The minimum Gasteiger partial charge on any atom is -0.467 e. The number of unbranched alkanes of at least 4 members (excludes halogenated alkanes) is 1. The lowest BCUT2D eigenvalue weighted by Crippen LogP contribution is -2.21. The van der Waals surface area contributed by atoms with Crippen molar-refractivity contribution in [3.63, 3.8) is 0 Å². The molecule has 0 N–H and O–H groups in total. The fourth-order valence-corrected chi connectivity index (χ4v) is 1.66. The second-order valence-corrected chi connectivity index (χ2v) is 4.26. The summed E-state index contributed by atoms with van der Waals surface area (Å²) in [6.45, 7) is 4.04. The predicted molar refractivity (Wildman–Crippen MR) is 71.9 cm³/mol. The summed E-state index contributed by atoms with van der Waals surface area (Å²) >= 11 is 0. The van der Waals surface area contributed by atoms with Gasteiger partial charge in [-0.15, -0.1) is 15.0 Å². The first-order chi connectivity index (χ1) is 9.64. The van der Waals surface area contributed by atoms with Crippen LogP contribution in [0.3, 0.4) is 0 Å². The second kappa shape index (κ2) is 8.29. The zero-order valence-electron chi connectivity index (χ0n) is 12.4. The maximum absolute atomic E-state index is 12.0. The first-order valence-electron chi connectivity index (χ1n) is 6.70. The molecule has 0 aliphatic heterocycles. The van der Waals surface area contributed by atoms with Crippen LogP contribution in [0.4, 0.5) is 0 Å². The molecule has 1 heterocycles. The highest BCUT2D eigenvalue weighted by molar-refractivity contribution is 5.74. The molecule has 7 nitrogen and oxygen atoms in total. The number of nitrogens with zero attached hydrogens (tertiary/aromatic N) is 3. The Kier molecular flexibility index (Phi) is 6.69. The molecule has 0 aliphatic rings. The molecule has 112 valence electrons. The van der Waals surface area contributed by atoms with Crippen molar-refractivity contribution in [2.45, 2.75) is 39.5 Å². The van der Waals surface area contributed by atoms with E-state index in [0.717, 1.165) is 25.7 Å². The second-order valence-electron chi connectivity index (χ2n) is 4.26. The molecular weight excluding hydrogens is 262 g/mol. The Labute approximate surface area is 118 Å². The van der Waals surface area contributed by atoms with Gasteiger partial charge in [0.05, 0.1) is 20.1 Å². The summed E-state index contributed by atoms with van der Waals surface area (Å²) in [7, 11) is 2.83. The van der Waals surface area contributed by atoms with Crippen molar-refractivity contribution < 1.29 is 19.0 Å². The number of esters is 1. The van der Waals surface area contributed by atoms with Crippen molar-refractivity contribution in [2.24, 2.45) is 5.92 Å². The van der Waals surface area contributed by atoms with Gasteiger partial charge in [0.1, 0.15) is 0 Å². The summed E-state index contributed by atoms with van der Waals surface area (Å²) in [6, 6.07) is -0.0174. The molecular formula is C13H21N3O4. The Morgan fingerprint density at radius 3 is 2.05 bits per heavy atom. The van der Waals surface area contributed by atoms with Gasteiger partial charge in [0.25, 0.3) is 0 Å². The monoisotopic (exact) mass is 283 g/mol. The van der Waals surface area contributed by atoms with Crippen LogP contribution in [0.25, 0.3) is 0 Å². The number of rotatable bonds is 8. The van der Waals surface area contributed by atoms with Crippen LogP contribution in [0.5, 0.6) is 18.0 Å². The van der Waals surface area contributed by atoms with Crippen LogP contribution < -0.4 is 14.2 Å². The van der Waals surface area contributed by atoms with E-state index < -0.39 is 0 Å². The van der Waals surface area contributed by atoms with Crippen molar-refractivity contribution in [1.29, 1.82) is 0 Å². The molecule has 0 aromatic carbocycles. The first-order valence-corrected chi connectivity index (χ1v) is 6.70. The highest BCUT2D eigenvalue weighted by Gasteiger charge is 2.20. The highest BCUT2D eigenvalue weighted by atomic mass is 16.6. The van der Waals surface area contributed by atoms with Gasteiger partial charge in [0.15, 0.2) is 0 Å². The first kappa shape index (κ1) is 16.1. The fraction of sp³-hybridized carbons (Fsp3) is 0.692. The van der Waals surface area contributed by atoms with Crippen molar-refractivity contribution in [3.05, 3.63) is 0 Å². The van der Waals surface area contributed by atoms with Crippen molar-refractivity contribution in [1.82, 2.24) is 15.0 Å². The van der Waals surface area contributed by atoms with Gasteiger partial charge in [-0.3, -0.25) is 4.79 Å². The molecule has 0 radical (unpaired) electrons. The number of ether oxygens (including phenoxy) is 3. The zero-order chi connectivity index (χ0) is 15.0. The van der Waals surface area contributed by atoms with E-state index in [0.29, 0.717) is 0 Å². The predicted octanol–water partition coefficient (Wildman–Crippen LogP) is 2.01. The van der Waals surface area contributed by atoms with Gasteiger partial charge >= 0.3 is 24.0 Å². The Hall–Kier alpha value is -1.92. The third-order valence-electron chi connectivity index (χ3n) is 2.86. The standard InChI is InChI=1S/C13H21N3O4/c1-5-7-8-9(6-2)10(17)20-13-15-11(18-3)14-12(16-13)19-4/h9H,5-8H2,1-4H3/t9-/m1/s1. The van der Waals surface area contributed by atoms with Crippen molar-refractivity contribution in [2.75, 3.05) is 14.2 Å². The van der Waals surface area contributed by atoms with Crippen molar-refractivity contribution in [3.8, 4) is 18.0 Å². The molecule has 1 atom stereocenters. The molecule has 1 rings (SSSR count). The summed E-state index contributed by atoms with van der Waals surface area (Å²) in [5, 5.41) is 0. The van der Waals surface area contributed by atoms with Crippen LogP contribution >= 0.6 is 0 Å². The molecule has 0 fully saturated rings. The number of carbonyl (C=O) groups is 1. The molecule has 0 amide bonds. The maximum Gasteiger partial charge on any atom is 0.333 e. The summed E-state index contributed by atoms with van der Waals surface area (Å²) in [4.78, 5) is 23.6. The summed E-state index contributed by atoms with van der Waals surface area (Å²) in [5.41, 5.74) is 0. The molecule has 0 spiro atoms.